The Bertz CT molecular complexity index is 379. The molecular weight excluding hydrogens is 214 g/mol. The zero-order valence-electron chi connectivity index (χ0n) is 10.6. The first-order valence-electron chi connectivity index (χ1n) is 6.24. The molecule has 5 heteroatoms. The minimum atomic E-state index is 0.541. The van der Waals surface area contributed by atoms with E-state index >= 15 is 0 Å². The van der Waals surface area contributed by atoms with Crippen LogP contribution in [-0.2, 0) is 0 Å². The van der Waals surface area contributed by atoms with Crippen LogP contribution in [0.15, 0.2) is 6.07 Å². The monoisotopic (exact) mass is 235 g/mol. The van der Waals surface area contributed by atoms with E-state index in [1.165, 1.54) is 12.8 Å². The molecule has 1 fully saturated rings. The maximum Gasteiger partial charge on any atom is 0.134 e. The Morgan fingerprint density at radius 3 is 3.06 bits per heavy atom. The van der Waals surface area contributed by atoms with Crippen LogP contribution in [0.4, 0.5) is 11.6 Å². The van der Waals surface area contributed by atoms with Crippen LogP contribution in [0.3, 0.4) is 0 Å². The standard InChI is InChI=1S/C12H21N5/c1-9-15-11(14-2)8-12(16-9)17-7-3-4-10(17)5-6-13/h8,10H,3-7,13H2,1-2H3,(H,14,15,16). The van der Waals surface area contributed by atoms with Crippen LogP contribution in [-0.4, -0.2) is 36.1 Å². The molecule has 1 unspecified atom stereocenters. The van der Waals surface area contributed by atoms with E-state index in [0.29, 0.717) is 6.04 Å². The maximum absolute atomic E-state index is 5.66. The van der Waals surface area contributed by atoms with E-state index in [1.807, 2.05) is 20.0 Å². The third kappa shape index (κ3) is 2.66. The lowest BCUT2D eigenvalue weighted by atomic mass is 10.1. The number of nitrogens with one attached hydrogen (secondary N) is 1. The molecule has 5 nitrogen and oxygen atoms in total. The number of hydrogen-bond acceptors (Lipinski definition) is 5. The minimum Gasteiger partial charge on any atom is -0.373 e. The molecule has 0 aromatic carbocycles. The predicted octanol–water partition coefficient (Wildman–Crippen LogP) is 1.14. The van der Waals surface area contributed by atoms with Crippen molar-refractivity contribution in [3.63, 3.8) is 0 Å². The molecule has 0 radical (unpaired) electrons. The summed E-state index contributed by atoms with van der Waals surface area (Å²) < 4.78 is 0. The molecule has 3 N–H and O–H groups in total. The largest absolute Gasteiger partial charge is 0.373 e. The van der Waals surface area contributed by atoms with Crippen molar-refractivity contribution in [3.05, 3.63) is 11.9 Å². The SMILES string of the molecule is CNc1cc(N2CCCC2CCN)nc(C)n1. The Labute approximate surface area is 102 Å². The molecule has 0 aliphatic carbocycles. The average molecular weight is 235 g/mol. The third-order valence-corrected chi connectivity index (χ3v) is 3.25. The van der Waals surface area contributed by atoms with Crippen LogP contribution in [0.5, 0.6) is 0 Å². The third-order valence-electron chi connectivity index (χ3n) is 3.25. The summed E-state index contributed by atoms with van der Waals surface area (Å²) in [5.41, 5.74) is 5.66. The van der Waals surface area contributed by atoms with Crippen LogP contribution in [0.2, 0.25) is 0 Å². The molecule has 2 heterocycles. The van der Waals surface area contributed by atoms with Crippen LogP contribution < -0.4 is 16.0 Å². The lowest BCUT2D eigenvalue weighted by molar-refractivity contribution is 0.613. The van der Waals surface area contributed by atoms with Gasteiger partial charge in [-0.1, -0.05) is 0 Å². The van der Waals surface area contributed by atoms with Crippen molar-refractivity contribution in [2.45, 2.75) is 32.2 Å². The highest BCUT2D eigenvalue weighted by molar-refractivity contribution is 5.50. The van der Waals surface area contributed by atoms with Gasteiger partial charge in [-0.3, -0.25) is 0 Å². The highest BCUT2D eigenvalue weighted by Gasteiger charge is 2.25. The smallest absolute Gasteiger partial charge is 0.134 e. The maximum atomic E-state index is 5.66. The fourth-order valence-corrected chi connectivity index (χ4v) is 2.46. The van der Waals surface area contributed by atoms with Gasteiger partial charge in [-0.05, 0) is 32.7 Å². The first-order valence-corrected chi connectivity index (χ1v) is 6.24. The summed E-state index contributed by atoms with van der Waals surface area (Å²) in [5, 5.41) is 3.08. The summed E-state index contributed by atoms with van der Waals surface area (Å²) in [5.74, 6) is 2.72. The van der Waals surface area contributed by atoms with Gasteiger partial charge in [-0.25, -0.2) is 9.97 Å². The van der Waals surface area contributed by atoms with Crippen LogP contribution in [0, 0.1) is 6.92 Å². The van der Waals surface area contributed by atoms with Crippen molar-refractivity contribution in [1.29, 1.82) is 0 Å². The summed E-state index contributed by atoms with van der Waals surface area (Å²) in [4.78, 5) is 11.2. The molecule has 1 aliphatic heterocycles. The van der Waals surface area contributed by atoms with Gasteiger partial charge in [0.25, 0.3) is 0 Å². The number of nitrogens with two attached hydrogens (primary N) is 1. The molecule has 94 valence electrons. The van der Waals surface area contributed by atoms with E-state index < -0.39 is 0 Å². The molecule has 1 aromatic rings. The molecule has 0 amide bonds. The van der Waals surface area contributed by atoms with E-state index in [4.69, 9.17) is 5.73 Å². The van der Waals surface area contributed by atoms with E-state index in [1.54, 1.807) is 0 Å². The number of aryl methyl sites for hydroxylation is 1. The van der Waals surface area contributed by atoms with E-state index in [9.17, 15) is 0 Å². The van der Waals surface area contributed by atoms with Gasteiger partial charge in [0.1, 0.15) is 17.5 Å². The lowest BCUT2D eigenvalue weighted by Crippen LogP contribution is -2.32. The van der Waals surface area contributed by atoms with Crippen LogP contribution in [0.1, 0.15) is 25.1 Å². The normalized spacial score (nSPS) is 19.7. The Morgan fingerprint density at radius 2 is 2.35 bits per heavy atom. The fraction of sp³-hybridized carbons (Fsp3) is 0.667. The van der Waals surface area contributed by atoms with E-state index in [0.717, 1.165) is 37.0 Å². The molecule has 2 rings (SSSR count). The summed E-state index contributed by atoms with van der Waals surface area (Å²) in [6, 6.07) is 2.56. The summed E-state index contributed by atoms with van der Waals surface area (Å²) in [6.45, 7) is 3.74. The van der Waals surface area contributed by atoms with Gasteiger partial charge in [0.05, 0.1) is 0 Å². The van der Waals surface area contributed by atoms with Gasteiger partial charge in [0.2, 0.25) is 0 Å². The van der Waals surface area contributed by atoms with Crippen LogP contribution >= 0.6 is 0 Å². The highest BCUT2D eigenvalue weighted by atomic mass is 15.2. The summed E-state index contributed by atoms with van der Waals surface area (Å²) in [7, 11) is 1.88. The Kier molecular flexibility index (Phi) is 3.78. The van der Waals surface area contributed by atoms with Crippen molar-refractivity contribution >= 4 is 11.6 Å². The van der Waals surface area contributed by atoms with Crippen molar-refractivity contribution < 1.29 is 0 Å². The second kappa shape index (κ2) is 5.31. The Hall–Kier alpha value is -1.36. The number of hydrogen-bond donors (Lipinski definition) is 2. The van der Waals surface area contributed by atoms with Crippen molar-refractivity contribution in [2.75, 3.05) is 30.4 Å². The first kappa shape index (κ1) is 12.1. The van der Waals surface area contributed by atoms with Gasteiger partial charge < -0.3 is 16.0 Å². The molecule has 1 aliphatic rings. The van der Waals surface area contributed by atoms with Gasteiger partial charge in [-0.2, -0.15) is 0 Å². The lowest BCUT2D eigenvalue weighted by Gasteiger charge is -2.25. The summed E-state index contributed by atoms with van der Waals surface area (Å²) >= 11 is 0. The highest BCUT2D eigenvalue weighted by Crippen LogP contribution is 2.26. The van der Waals surface area contributed by atoms with Crippen LogP contribution in [0.25, 0.3) is 0 Å². The number of aromatic nitrogens is 2. The average Bonchev–Trinajstić information content (AvgIpc) is 2.77. The topological polar surface area (TPSA) is 67.1 Å². The Balaban J connectivity index is 2.23. The second-order valence-corrected chi connectivity index (χ2v) is 4.48. The van der Waals surface area contributed by atoms with E-state index in [2.05, 4.69) is 20.2 Å². The molecule has 0 saturated carbocycles. The molecular formula is C12H21N5. The van der Waals surface area contributed by atoms with Gasteiger partial charge >= 0.3 is 0 Å². The van der Waals surface area contributed by atoms with Gasteiger partial charge in [0, 0.05) is 25.7 Å². The number of rotatable bonds is 4. The minimum absolute atomic E-state index is 0.541. The Morgan fingerprint density at radius 1 is 1.53 bits per heavy atom. The van der Waals surface area contributed by atoms with Gasteiger partial charge in [-0.15, -0.1) is 0 Å². The van der Waals surface area contributed by atoms with Crippen molar-refractivity contribution in [1.82, 2.24) is 9.97 Å². The van der Waals surface area contributed by atoms with E-state index in [-0.39, 0.29) is 0 Å². The fourth-order valence-electron chi connectivity index (χ4n) is 2.46. The van der Waals surface area contributed by atoms with Crippen molar-refractivity contribution in [2.24, 2.45) is 5.73 Å². The number of nitrogens with zero attached hydrogens (tertiary/aromatic N) is 3. The zero-order chi connectivity index (χ0) is 12.3. The molecule has 0 bridgehead atoms. The molecule has 1 saturated heterocycles. The molecule has 1 atom stereocenters. The van der Waals surface area contributed by atoms with Crippen molar-refractivity contribution in [3.8, 4) is 0 Å². The first-order chi connectivity index (χ1) is 8.24. The quantitative estimate of drug-likeness (QED) is 0.819. The molecule has 0 spiro atoms. The second-order valence-electron chi connectivity index (χ2n) is 4.48. The van der Waals surface area contributed by atoms with Gasteiger partial charge in [0.15, 0.2) is 0 Å². The number of anilines is 2. The molecule has 1 aromatic heterocycles. The summed E-state index contributed by atoms with van der Waals surface area (Å²) in [6.07, 6.45) is 3.48. The zero-order valence-corrected chi connectivity index (χ0v) is 10.6. The molecule has 17 heavy (non-hydrogen) atoms. The predicted molar refractivity (Wildman–Crippen MR) is 70.4 cm³/mol.